The summed E-state index contributed by atoms with van der Waals surface area (Å²) in [6.45, 7) is 3.99. The third kappa shape index (κ3) is 5.88. The number of amides is 1. The van der Waals surface area contributed by atoms with Crippen LogP contribution in [0.25, 0.3) is 6.08 Å². The van der Waals surface area contributed by atoms with Crippen LogP contribution in [0.2, 0.25) is 10.0 Å². The lowest BCUT2D eigenvalue weighted by atomic mass is 10.1. The topological polar surface area (TPSA) is 62.1 Å². The Labute approximate surface area is 195 Å². The number of rotatable bonds is 6. The molecule has 0 spiro atoms. The van der Waals surface area contributed by atoms with Crippen molar-refractivity contribution in [3.05, 3.63) is 98.3 Å². The number of nitriles is 1. The maximum atomic E-state index is 13.3. The van der Waals surface area contributed by atoms with Crippen LogP contribution in [-0.4, -0.2) is 5.91 Å². The molecular formula is C25H19Cl2FN2O2. The fourth-order valence-electron chi connectivity index (χ4n) is 2.92. The first-order valence-corrected chi connectivity index (χ1v) is 10.4. The van der Waals surface area contributed by atoms with Gasteiger partial charge in [-0.1, -0.05) is 41.4 Å². The van der Waals surface area contributed by atoms with Crippen LogP contribution in [0.3, 0.4) is 0 Å². The predicted octanol–water partition coefficient (Wildman–Crippen LogP) is 6.87. The SMILES string of the molecule is Cc1ccc(NC(=O)/C(C#N)=C/c2cc(Cl)c(OCc3cccc(F)c3)c(Cl)c2)cc1C. The zero-order valence-electron chi connectivity index (χ0n) is 17.4. The Morgan fingerprint density at radius 1 is 1.09 bits per heavy atom. The number of nitrogens with zero attached hydrogens (tertiary/aromatic N) is 1. The van der Waals surface area contributed by atoms with Gasteiger partial charge in [-0.05, 0) is 78.6 Å². The number of hydrogen-bond acceptors (Lipinski definition) is 3. The minimum Gasteiger partial charge on any atom is -0.486 e. The quantitative estimate of drug-likeness (QED) is 0.316. The molecule has 0 radical (unpaired) electrons. The van der Waals surface area contributed by atoms with E-state index in [-0.39, 0.29) is 33.8 Å². The molecule has 32 heavy (non-hydrogen) atoms. The fourth-order valence-corrected chi connectivity index (χ4v) is 3.53. The highest BCUT2D eigenvalue weighted by Crippen LogP contribution is 2.35. The third-order valence-corrected chi connectivity index (χ3v) is 5.30. The van der Waals surface area contributed by atoms with Crippen LogP contribution >= 0.6 is 23.2 Å². The molecule has 4 nitrogen and oxygen atoms in total. The summed E-state index contributed by atoms with van der Waals surface area (Å²) in [6, 6.07) is 16.5. The highest BCUT2D eigenvalue weighted by molar-refractivity contribution is 6.37. The summed E-state index contributed by atoms with van der Waals surface area (Å²) >= 11 is 12.6. The summed E-state index contributed by atoms with van der Waals surface area (Å²) in [7, 11) is 0. The number of ether oxygens (including phenoxy) is 1. The highest BCUT2D eigenvalue weighted by Gasteiger charge is 2.13. The Hall–Kier alpha value is -3.33. The van der Waals surface area contributed by atoms with Gasteiger partial charge in [0.05, 0.1) is 10.0 Å². The average Bonchev–Trinajstić information content (AvgIpc) is 2.74. The first-order valence-electron chi connectivity index (χ1n) is 9.63. The molecule has 1 amide bonds. The van der Waals surface area contributed by atoms with Gasteiger partial charge in [0.25, 0.3) is 5.91 Å². The van der Waals surface area contributed by atoms with Crippen LogP contribution in [0.1, 0.15) is 22.3 Å². The number of anilines is 1. The van der Waals surface area contributed by atoms with Gasteiger partial charge in [-0.3, -0.25) is 4.79 Å². The zero-order valence-corrected chi connectivity index (χ0v) is 18.9. The maximum absolute atomic E-state index is 13.3. The molecule has 0 aliphatic heterocycles. The van der Waals surface area contributed by atoms with Gasteiger partial charge in [-0.2, -0.15) is 5.26 Å². The second kappa shape index (κ2) is 10.3. The van der Waals surface area contributed by atoms with Gasteiger partial charge in [0.15, 0.2) is 5.75 Å². The smallest absolute Gasteiger partial charge is 0.266 e. The molecule has 0 aliphatic rings. The molecule has 0 aromatic heterocycles. The van der Waals surface area contributed by atoms with E-state index in [9.17, 15) is 14.4 Å². The predicted molar refractivity (Wildman–Crippen MR) is 125 cm³/mol. The van der Waals surface area contributed by atoms with Gasteiger partial charge in [0, 0.05) is 5.69 Å². The van der Waals surface area contributed by atoms with Gasteiger partial charge in [-0.15, -0.1) is 0 Å². The first-order chi connectivity index (χ1) is 15.3. The Kier molecular flexibility index (Phi) is 7.53. The Morgan fingerprint density at radius 3 is 2.44 bits per heavy atom. The fraction of sp³-hybridized carbons (Fsp3) is 0.120. The van der Waals surface area contributed by atoms with Crippen molar-refractivity contribution < 1.29 is 13.9 Å². The number of aryl methyl sites for hydroxylation is 2. The van der Waals surface area contributed by atoms with Crippen molar-refractivity contribution in [2.75, 3.05) is 5.32 Å². The van der Waals surface area contributed by atoms with Crippen molar-refractivity contribution >= 4 is 40.9 Å². The molecule has 0 aliphatic carbocycles. The lowest BCUT2D eigenvalue weighted by molar-refractivity contribution is -0.112. The molecule has 1 N–H and O–H groups in total. The number of halogens is 3. The van der Waals surface area contributed by atoms with Crippen molar-refractivity contribution in [3.63, 3.8) is 0 Å². The van der Waals surface area contributed by atoms with E-state index in [4.69, 9.17) is 27.9 Å². The van der Waals surface area contributed by atoms with E-state index in [1.807, 2.05) is 32.0 Å². The number of carbonyl (C=O) groups is 1. The number of benzene rings is 3. The highest BCUT2D eigenvalue weighted by atomic mass is 35.5. The summed E-state index contributed by atoms with van der Waals surface area (Å²) in [4.78, 5) is 12.5. The van der Waals surface area contributed by atoms with Crippen molar-refractivity contribution in [2.45, 2.75) is 20.5 Å². The minimum absolute atomic E-state index is 0.0776. The van der Waals surface area contributed by atoms with Crippen molar-refractivity contribution in [1.29, 1.82) is 5.26 Å². The molecule has 0 saturated heterocycles. The van der Waals surface area contributed by atoms with Gasteiger partial charge in [-0.25, -0.2) is 4.39 Å². The third-order valence-electron chi connectivity index (χ3n) is 4.73. The van der Waals surface area contributed by atoms with Crippen LogP contribution < -0.4 is 10.1 Å². The van der Waals surface area contributed by atoms with E-state index in [1.54, 1.807) is 18.2 Å². The van der Waals surface area contributed by atoms with E-state index in [0.717, 1.165) is 11.1 Å². The molecule has 0 saturated carbocycles. The number of nitrogens with one attached hydrogen (secondary N) is 1. The van der Waals surface area contributed by atoms with E-state index in [2.05, 4.69) is 5.32 Å². The summed E-state index contributed by atoms with van der Waals surface area (Å²) in [5, 5.41) is 12.6. The van der Waals surface area contributed by atoms with Crippen LogP contribution in [-0.2, 0) is 11.4 Å². The molecule has 0 heterocycles. The van der Waals surface area contributed by atoms with Crippen molar-refractivity contribution in [2.24, 2.45) is 0 Å². The lowest BCUT2D eigenvalue weighted by Gasteiger charge is -2.11. The molecule has 7 heteroatoms. The second-order valence-corrected chi connectivity index (χ2v) is 7.97. The van der Waals surface area contributed by atoms with E-state index >= 15 is 0 Å². The Balaban J connectivity index is 1.77. The van der Waals surface area contributed by atoms with Crippen molar-refractivity contribution in [1.82, 2.24) is 0 Å². The van der Waals surface area contributed by atoms with E-state index < -0.39 is 5.91 Å². The second-order valence-electron chi connectivity index (χ2n) is 7.16. The first kappa shape index (κ1) is 23.3. The maximum Gasteiger partial charge on any atom is 0.266 e. The van der Waals surface area contributed by atoms with E-state index in [1.165, 1.54) is 30.3 Å². The molecule has 162 valence electrons. The Morgan fingerprint density at radius 2 is 1.81 bits per heavy atom. The molecule has 0 unspecified atom stereocenters. The summed E-state index contributed by atoms with van der Waals surface area (Å²) < 4.78 is 19.0. The van der Waals surface area contributed by atoms with Crippen LogP contribution in [0.5, 0.6) is 5.75 Å². The van der Waals surface area contributed by atoms with Crippen LogP contribution in [0.4, 0.5) is 10.1 Å². The molecular weight excluding hydrogens is 450 g/mol. The monoisotopic (exact) mass is 468 g/mol. The van der Waals surface area contributed by atoms with Crippen LogP contribution in [0, 0.1) is 31.0 Å². The van der Waals surface area contributed by atoms with Gasteiger partial charge in [0.2, 0.25) is 0 Å². The normalized spacial score (nSPS) is 11.1. The summed E-state index contributed by atoms with van der Waals surface area (Å²) in [5.74, 6) is -0.686. The van der Waals surface area contributed by atoms with Gasteiger partial charge >= 0.3 is 0 Å². The molecule has 3 aromatic rings. The number of carbonyl (C=O) groups excluding carboxylic acids is 1. The standard InChI is InChI=1S/C25H19Cl2FN2O2/c1-15-6-7-21(8-16(15)2)30-25(31)19(13-29)9-18-11-22(26)24(23(27)12-18)32-14-17-4-3-5-20(28)10-17/h3-12H,14H2,1-2H3,(H,30,31)/b19-9+. The molecule has 0 fully saturated rings. The molecule has 3 rings (SSSR count). The molecule has 0 bridgehead atoms. The number of hydrogen-bond donors (Lipinski definition) is 1. The summed E-state index contributed by atoms with van der Waals surface area (Å²) in [5.41, 5.74) is 3.70. The van der Waals surface area contributed by atoms with E-state index in [0.29, 0.717) is 16.8 Å². The minimum atomic E-state index is -0.547. The summed E-state index contributed by atoms with van der Waals surface area (Å²) in [6.07, 6.45) is 1.39. The molecule has 3 aromatic carbocycles. The molecule has 0 atom stereocenters. The Bertz CT molecular complexity index is 1230. The van der Waals surface area contributed by atoms with Crippen molar-refractivity contribution in [3.8, 4) is 11.8 Å². The van der Waals surface area contributed by atoms with Crippen LogP contribution in [0.15, 0.2) is 60.2 Å². The largest absolute Gasteiger partial charge is 0.486 e. The zero-order chi connectivity index (χ0) is 23.3. The average molecular weight is 469 g/mol. The van der Waals surface area contributed by atoms with Gasteiger partial charge in [0.1, 0.15) is 24.1 Å². The van der Waals surface area contributed by atoms with Gasteiger partial charge < -0.3 is 10.1 Å². The lowest BCUT2D eigenvalue weighted by Crippen LogP contribution is -2.13.